The first-order chi connectivity index (χ1) is 11.4. The van der Waals surface area contributed by atoms with Gasteiger partial charge >= 0.3 is 0 Å². The van der Waals surface area contributed by atoms with Crippen molar-refractivity contribution in [2.45, 2.75) is 19.4 Å². The maximum absolute atomic E-state index is 11.5. The molecule has 1 aliphatic rings. The quantitative estimate of drug-likeness (QED) is 0.902. The van der Waals surface area contributed by atoms with E-state index in [0.717, 1.165) is 0 Å². The largest absolute Gasteiger partial charge is 0.482 e. The first-order valence-corrected chi connectivity index (χ1v) is 7.39. The predicted octanol–water partition coefficient (Wildman–Crippen LogP) is 2.20. The van der Waals surface area contributed by atoms with Gasteiger partial charge in [0.15, 0.2) is 0 Å². The van der Waals surface area contributed by atoms with E-state index >= 15 is 0 Å². The Balaban J connectivity index is 2.19. The SMILES string of the molecule is CC1(C)Oc2ccc(C#N)cc2C(Oc2cc[nH]c(=O)c2)=C1CO. The molecule has 0 radical (unpaired) electrons. The molecular weight excluding hydrogens is 308 g/mol. The summed E-state index contributed by atoms with van der Waals surface area (Å²) in [6.45, 7) is 3.36. The van der Waals surface area contributed by atoms with Gasteiger partial charge in [-0.25, -0.2) is 0 Å². The van der Waals surface area contributed by atoms with Crippen LogP contribution in [-0.2, 0) is 0 Å². The molecule has 2 aromatic rings. The van der Waals surface area contributed by atoms with Crippen LogP contribution in [0, 0.1) is 11.3 Å². The highest BCUT2D eigenvalue weighted by molar-refractivity contribution is 5.74. The molecule has 0 amide bonds. The molecule has 6 heteroatoms. The number of benzene rings is 1. The number of hydrogen-bond acceptors (Lipinski definition) is 5. The minimum absolute atomic E-state index is 0.276. The van der Waals surface area contributed by atoms with Crippen LogP contribution in [0.3, 0.4) is 0 Å². The number of aliphatic hydroxyl groups is 1. The van der Waals surface area contributed by atoms with E-state index in [2.05, 4.69) is 11.1 Å². The highest BCUT2D eigenvalue weighted by Gasteiger charge is 2.36. The summed E-state index contributed by atoms with van der Waals surface area (Å²) in [5, 5.41) is 19.0. The number of nitriles is 1. The van der Waals surface area contributed by atoms with E-state index in [0.29, 0.717) is 34.0 Å². The van der Waals surface area contributed by atoms with Crippen molar-refractivity contribution in [1.29, 1.82) is 5.26 Å². The van der Waals surface area contributed by atoms with Crippen molar-refractivity contribution in [3.05, 3.63) is 63.6 Å². The molecule has 2 N–H and O–H groups in total. The number of fused-ring (bicyclic) bond motifs is 1. The molecule has 0 fully saturated rings. The molecule has 0 aliphatic carbocycles. The molecule has 122 valence electrons. The van der Waals surface area contributed by atoms with Gasteiger partial charge in [0.05, 0.1) is 23.8 Å². The molecule has 6 nitrogen and oxygen atoms in total. The van der Waals surface area contributed by atoms with E-state index in [1.165, 1.54) is 12.3 Å². The summed E-state index contributed by atoms with van der Waals surface area (Å²) < 4.78 is 11.9. The first kappa shape index (κ1) is 15.8. The minimum Gasteiger partial charge on any atom is -0.482 e. The number of aromatic nitrogens is 1. The number of pyridine rings is 1. The summed E-state index contributed by atoms with van der Waals surface area (Å²) in [6.07, 6.45) is 1.48. The lowest BCUT2D eigenvalue weighted by Crippen LogP contribution is -2.37. The number of aliphatic hydroxyl groups excluding tert-OH is 1. The zero-order chi connectivity index (χ0) is 17.3. The molecule has 1 aromatic carbocycles. The number of nitrogens with one attached hydrogen (secondary N) is 1. The topological polar surface area (TPSA) is 95.3 Å². The van der Waals surface area contributed by atoms with Crippen LogP contribution in [0.4, 0.5) is 0 Å². The highest BCUT2D eigenvalue weighted by Crippen LogP contribution is 2.41. The summed E-state index contributed by atoms with van der Waals surface area (Å²) in [7, 11) is 0. The molecule has 0 spiro atoms. The third-order valence-corrected chi connectivity index (χ3v) is 3.84. The van der Waals surface area contributed by atoms with Gasteiger partial charge in [-0.2, -0.15) is 5.26 Å². The van der Waals surface area contributed by atoms with Crippen LogP contribution in [0.5, 0.6) is 11.5 Å². The van der Waals surface area contributed by atoms with Crippen LogP contribution in [0.15, 0.2) is 46.9 Å². The van der Waals surface area contributed by atoms with Crippen LogP contribution < -0.4 is 15.0 Å². The molecule has 1 aromatic heterocycles. The van der Waals surface area contributed by atoms with Crippen LogP contribution in [-0.4, -0.2) is 22.3 Å². The number of rotatable bonds is 3. The second kappa shape index (κ2) is 5.87. The zero-order valence-corrected chi connectivity index (χ0v) is 13.3. The van der Waals surface area contributed by atoms with Crippen molar-refractivity contribution in [3.63, 3.8) is 0 Å². The van der Waals surface area contributed by atoms with E-state index in [1.54, 1.807) is 24.3 Å². The Bertz CT molecular complexity index is 919. The zero-order valence-electron chi connectivity index (χ0n) is 13.3. The summed E-state index contributed by atoms with van der Waals surface area (Å²) in [6, 6.07) is 10.00. The van der Waals surface area contributed by atoms with Gasteiger partial charge in [0.25, 0.3) is 5.56 Å². The fourth-order valence-electron chi connectivity index (χ4n) is 2.62. The van der Waals surface area contributed by atoms with Crippen molar-refractivity contribution in [2.24, 2.45) is 0 Å². The third kappa shape index (κ3) is 2.77. The molecule has 2 heterocycles. The maximum atomic E-state index is 11.5. The maximum Gasteiger partial charge on any atom is 0.251 e. The highest BCUT2D eigenvalue weighted by atomic mass is 16.5. The second-order valence-electron chi connectivity index (χ2n) is 5.89. The smallest absolute Gasteiger partial charge is 0.251 e. The van der Waals surface area contributed by atoms with Crippen molar-refractivity contribution < 1.29 is 14.6 Å². The second-order valence-corrected chi connectivity index (χ2v) is 5.89. The molecule has 0 saturated heterocycles. The van der Waals surface area contributed by atoms with Gasteiger partial charge in [-0.3, -0.25) is 4.79 Å². The number of aromatic amines is 1. The number of H-pyrrole nitrogens is 1. The van der Waals surface area contributed by atoms with E-state index in [-0.39, 0.29) is 12.2 Å². The van der Waals surface area contributed by atoms with E-state index in [1.807, 2.05) is 13.8 Å². The van der Waals surface area contributed by atoms with Crippen molar-refractivity contribution in [2.75, 3.05) is 6.61 Å². The van der Waals surface area contributed by atoms with Gasteiger partial charge < -0.3 is 19.6 Å². The number of ether oxygens (including phenoxy) is 2. The van der Waals surface area contributed by atoms with Gasteiger partial charge in [0.1, 0.15) is 22.9 Å². The molecule has 1 aliphatic heterocycles. The van der Waals surface area contributed by atoms with Crippen LogP contribution >= 0.6 is 0 Å². The average molecular weight is 324 g/mol. The molecule has 0 bridgehead atoms. The first-order valence-electron chi connectivity index (χ1n) is 7.39. The van der Waals surface area contributed by atoms with Crippen molar-refractivity contribution >= 4 is 5.76 Å². The van der Waals surface area contributed by atoms with Crippen molar-refractivity contribution in [3.8, 4) is 17.6 Å². The lowest BCUT2D eigenvalue weighted by molar-refractivity contribution is 0.122. The fraction of sp³-hybridized carbons (Fsp3) is 0.222. The van der Waals surface area contributed by atoms with E-state index in [9.17, 15) is 9.90 Å². The lowest BCUT2D eigenvalue weighted by Gasteiger charge is -2.35. The minimum atomic E-state index is -0.785. The van der Waals surface area contributed by atoms with Gasteiger partial charge in [0, 0.05) is 17.8 Å². The van der Waals surface area contributed by atoms with Gasteiger partial charge in [0.2, 0.25) is 0 Å². The third-order valence-electron chi connectivity index (χ3n) is 3.84. The Hall–Kier alpha value is -3.04. The Labute approximate surface area is 138 Å². The lowest BCUT2D eigenvalue weighted by atomic mass is 9.90. The Morgan fingerprint density at radius 2 is 2.12 bits per heavy atom. The Morgan fingerprint density at radius 3 is 2.79 bits per heavy atom. The predicted molar refractivity (Wildman–Crippen MR) is 87.6 cm³/mol. The normalized spacial score (nSPS) is 15.2. The van der Waals surface area contributed by atoms with Crippen LogP contribution in [0.1, 0.15) is 25.0 Å². The molecule has 24 heavy (non-hydrogen) atoms. The van der Waals surface area contributed by atoms with Gasteiger partial charge in [-0.15, -0.1) is 0 Å². The number of nitrogens with zero attached hydrogens (tertiary/aromatic N) is 1. The molecule has 3 rings (SSSR count). The average Bonchev–Trinajstić information content (AvgIpc) is 2.54. The molecule has 0 saturated carbocycles. The Kier molecular flexibility index (Phi) is 3.87. The van der Waals surface area contributed by atoms with E-state index in [4.69, 9.17) is 14.7 Å². The summed E-state index contributed by atoms with van der Waals surface area (Å²) in [5.74, 6) is 1.29. The van der Waals surface area contributed by atoms with Gasteiger partial charge in [-0.1, -0.05) is 0 Å². The summed E-state index contributed by atoms with van der Waals surface area (Å²) >= 11 is 0. The number of hydrogen-bond donors (Lipinski definition) is 2. The standard InChI is InChI=1S/C18H16N2O4/c1-18(2)14(10-21)17(23-12-5-6-20-16(22)8-12)13-7-11(9-19)3-4-15(13)24-18/h3-8,21H,10H2,1-2H3,(H,20,22). The van der Waals surface area contributed by atoms with Crippen molar-refractivity contribution in [1.82, 2.24) is 4.98 Å². The summed E-state index contributed by atoms with van der Waals surface area (Å²) in [4.78, 5) is 14.0. The summed E-state index contributed by atoms with van der Waals surface area (Å²) in [5.41, 5.74) is 0.465. The molecule has 0 unspecified atom stereocenters. The molecular formula is C18H16N2O4. The van der Waals surface area contributed by atoms with Gasteiger partial charge in [-0.05, 0) is 38.1 Å². The van der Waals surface area contributed by atoms with E-state index < -0.39 is 5.60 Å². The Morgan fingerprint density at radius 1 is 1.33 bits per heavy atom. The monoisotopic (exact) mass is 324 g/mol. The van der Waals surface area contributed by atoms with Crippen LogP contribution in [0.2, 0.25) is 0 Å². The van der Waals surface area contributed by atoms with Crippen LogP contribution in [0.25, 0.3) is 5.76 Å². The molecule has 0 atom stereocenters. The fourth-order valence-corrected chi connectivity index (χ4v) is 2.62.